The smallest absolute Gasteiger partial charge is 0.321 e. The molecule has 0 amide bonds. The van der Waals surface area contributed by atoms with Crippen molar-refractivity contribution in [3.63, 3.8) is 0 Å². The van der Waals surface area contributed by atoms with Gasteiger partial charge in [-0.2, -0.15) is 0 Å². The molecule has 0 aliphatic heterocycles. The van der Waals surface area contributed by atoms with Crippen molar-refractivity contribution in [1.29, 1.82) is 0 Å². The average Bonchev–Trinajstić information content (AvgIpc) is 2.15. The van der Waals surface area contributed by atoms with Gasteiger partial charge in [-0.1, -0.05) is 29.8 Å². The van der Waals surface area contributed by atoms with E-state index in [0.717, 1.165) is 5.56 Å². The van der Waals surface area contributed by atoms with Crippen LogP contribution in [0.2, 0.25) is 0 Å². The average molecular weight is 257 g/mol. The molecule has 0 radical (unpaired) electrons. The maximum absolute atomic E-state index is 11.7. The van der Waals surface area contributed by atoms with Crippen molar-refractivity contribution < 1.29 is 18.3 Å². The van der Waals surface area contributed by atoms with Gasteiger partial charge in [0.05, 0.1) is 5.75 Å². The van der Waals surface area contributed by atoms with Crippen molar-refractivity contribution in [1.82, 2.24) is 4.72 Å². The molecule has 0 saturated carbocycles. The first-order valence-electron chi connectivity index (χ1n) is 5.08. The van der Waals surface area contributed by atoms with Gasteiger partial charge >= 0.3 is 5.97 Å². The minimum atomic E-state index is -3.63. The SMILES string of the molecule is Cc1cccc(CS(=O)(=O)NC(C)C(=O)O)c1. The summed E-state index contributed by atoms with van der Waals surface area (Å²) >= 11 is 0. The van der Waals surface area contributed by atoms with Gasteiger partial charge in [0.1, 0.15) is 6.04 Å². The number of carboxylic acid groups (broad SMARTS) is 1. The van der Waals surface area contributed by atoms with E-state index >= 15 is 0 Å². The molecule has 94 valence electrons. The Hall–Kier alpha value is -1.40. The van der Waals surface area contributed by atoms with E-state index in [1.165, 1.54) is 6.92 Å². The lowest BCUT2D eigenvalue weighted by atomic mass is 10.2. The van der Waals surface area contributed by atoms with E-state index in [1.807, 2.05) is 13.0 Å². The van der Waals surface area contributed by atoms with Gasteiger partial charge in [0, 0.05) is 0 Å². The van der Waals surface area contributed by atoms with Crippen molar-refractivity contribution in [2.45, 2.75) is 25.6 Å². The van der Waals surface area contributed by atoms with Crippen LogP contribution in [0.5, 0.6) is 0 Å². The summed E-state index contributed by atoms with van der Waals surface area (Å²) in [6.45, 7) is 3.15. The molecule has 1 rings (SSSR count). The van der Waals surface area contributed by atoms with E-state index in [2.05, 4.69) is 4.72 Å². The third-order valence-corrected chi connectivity index (χ3v) is 3.59. The second-order valence-electron chi connectivity index (χ2n) is 3.93. The summed E-state index contributed by atoms with van der Waals surface area (Å²) in [5.74, 6) is -1.41. The summed E-state index contributed by atoms with van der Waals surface area (Å²) in [5.41, 5.74) is 1.60. The van der Waals surface area contributed by atoms with E-state index < -0.39 is 22.0 Å². The van der Waals surface area contributed by atoms with Gasteiger partial charge < -0.3 is 5.11 Å². The second-order valence-corrected chi connectivity index (χ2v) is 5.68. The topological polar surface area (TPSA) is 83.5 Å². The molecule has 0 aliphatic rings. The van der Waals surface area contributed by atoms with E-state index in [9.17, 15) is 13.2 Å². The number of sulfonamides is 1. The number of hydrogen-bond acceptors (Lipinski definition) is 3. The highest BCUT2D eigenvalue weighted by Gasteiger charge is 2.19. The monoisotopic (exact) mass is 257 g/mol. The van der Waals surface area contributed by atoms with E-state index in [-0.39, 0.29) is 5.75 Å². The van der Waals surface area contributed by atoms with Gasteiger partial charge in [0.15, 0.2) is 0 Å². The molecule has 6 heteroatoms. The highest BCUT2D eigenvalue weighted by atomic mass is 32.2. The molecule has 0 aliphatic carbocycles. The number of nitrogens with one attached hydrogen (secondary N) is 1. The zero-order chi connectivity index (χ0) is 13.1. The van der Waals surface area contributed by atoms with Crippen LogP contribution in [0, 0.1) is 6.92 Å². The Morgan fingerprint density at radius 1 is 1.47 bits per heavy atom. The zero-order valence-electron chi connectivity index (χ0n) is 9.67. The first kappa shape index (κ1) is 13.7. The molecule has 1 aromatic carbocycles. The van der Waals surface area contributed by atoms with Gasteiger partial charge in [0.2, 0.25) is 10.0 Å². The molecule has 0 fully saturated rings. The van der Waals surface area contributed by atoms with Crippen molar-refractivity contribution >= 4 is 16.0 Å². The lowest BCUT2D eigenvalue weighted by Gasteiger charge is -2.10. The molecule has 17 heavy (non-hydrogen) atoms. The number of aliphatic carboxylic acids is 1. The van der Waals surface area contributed by atoms with Gasteiger partial charge in [-0.05, 0) is 19.4 Å². The number of hydrogen-bond donors (Lipinski definition) is 2. The van der Waals surface area contributed by atoms with Crippen LogP contribution in [-0.2, 0) is 20.6 Å². The van der Waals surface area contributed by atoms with Crippen LogP contribution in [0.1, 0.15) is 18.1 Å². The Labute approximate surface area is 101 Å². The third kappa shape index (κ3) is 4.54. The van der Waals surface area contributed by atoms with Gasteiger partial charge in [-0.3, -0.25) is 4.79 Å². The minimum absolute atomic E-state index is 0.216. The van der Waals surface area contributed by atoms with Crippen molar-refractivity contribution in [3.8, 4) is 0 Å². The fourth-order valence-corrected chi connectivity index (χ4v) is 2.72. The van der Waals surface area contributed by atoms with Crippen LogP contribution < -0.4 is 4.72 Å². The van der Waals surface area contributed by atoms with Gasteiger partial charge in [-0.25, -0.2) is 13.1 Å². The standard InChI is InChI=1S/C11H15NO4S/c1-8-4-3-5-10(6-8)7-17(15,16)12-9(2)11(13)14/h3-6,9,12H,7H2,1-2H3,(H,13,14). The summed E-state index contributed by atoms with van der Waals surface area (Å²) < 4.78 is 25.4. The summed E-state index contributed by atoms with van der Waals surface area (Å²) in [6, 6.07) is 5.96. The van der Waals surface area contributed by atoms with Crippen molar-refractivity contribution in [2.75, 3.05) is 0 Å². The highest BCUT2D eigenvalue weighted by molar-refractivity contribution is 7.88. The summed E-state index contributed by atoms with van der Waals surface area (Å²) in [4.78, 5) is 10.6. The number of rotatable bonds is 5. The molecule has 0 spiro atoms. The second kappa shape index (κ2) is 5.29. The molecule has 0 aromatic heterocycles. The normalized spacial score (nSPS) is 13.3. The number of carboxylic acids is 1. The number of carbonyl (C=O) groups is 1. The van der Waals surface area contributed by atoms with E-state index in [0.29, 0.717) is 5.56 Å². The Balaban J connectivity index is 2.77. The summed E-state index contributed by atoms with van der Waals surface area (Å²) in [7, 11) is -3.63. The fraction of sp³-hybridized carbons (Fsp3) is 0.364. The fourth-order valence-electron chi connectivity index (χ4n) is 1.38. The maximum Gasteiger partial charge on any atom is 0.321 e. The van der Waals surface area contributed by atoms with Crippen LogP contribution in [0.15, 0.2) is 24.3 Å². The Kier molecular flexibility index (Phi) is 4.25. The molecular formula is C11H15NO4S. The maximum atomic E-state index is 11.7. The lowest BCUT2D eigenvalue weighted by Crippen LogP contribution is -2.38. The zero-order valence-corrected chi connectivity index (χ0v) is 10.5. The molecule has 0 saturated heterocycles. The number of aryl methyl sites for hydroxylation is 1. The molecule has 2 N–H and O–H groups in total. The molecule has 0 bridgehead atoms. The molecule has 1 aromatic rings. The first-order valence-corrected chi connectivity index (χ1v) is 6.74. The molecule has 1 unspecified atom stereocenters. The molecular weight excluding hydrogens is 242 g/mol. The minimum Gasteiger partial charge on any atom is -0.480 e. The molecule has 1 atom stereocenters. The first-order chi connectivity index (χ1) is 7.80. The van der Waals surface area contributed by atoms with Crippen molar-refractivity contribution in [3.05, 3.63) is 35.4 Å². The highest BCUT2D eigenvalue weighted by Crippen LogP contribution is 2.08. The largest absolute Gasteiger partial charge is 0.480 e. The predicted octanol–water partition coefficient (Wildman–Crippen LogP) is 0.888. The van der Waals surface area contributed by atoms with Crippen LogP contribution >= 0.6 is 0 Å². The van der Waals surface area contributed by atoms with Crippen LogP contribution in [-0.4, -0.2) is 25.5 Å². The molecule has 5 nitrogen and oxygen atoms in total. The lowest BCUT2D eigenvalue weighted by molar-refractivity contribution is -0.138. The van der Waals surface area contributed by atoms with Gasteiger partial charge in [-0.15, -0.1) is 0 Å². The Morgan fingerprint density at radius 2 is 2.12 bits per heavy atom. The Bertz CT molecular complexity index is 510. The van der Waals surface area contributed by atoms with Crippen molar-refractivity contribution in [2.24, 2.45) is 0 Å². The number of benzene rings is 1. The summed E-state index contributed by atoms with van der Waals surface area (Å²) in [5, 5.41) is 8.63. The van der Waals surface area contributed by atoms with E-state index in [4.69, 9.17) is 5.11 Å². The van der Waals surface area contributed by atoms with Crippen LogP contribution in [0.25, 0.3) is 0 Å². The predicted molar refractivity (Wildman–Crippen MR) is 64.0 cm³/mol. The van der Waals surface area contributed by atoms with Gasteiger partial charge in [0.25, 0.3) is 0 Å². The van der Waals surface area contributed by atoms with E-state index in [1.54, 1.807) is 18.2 Å². The third-order valence-electron chi connectivity index (χ3n) is 2.17. The van der Waals surface area contributed by atoms with Crippen LogP contribution in [0.3, 0.4) is 0 Å². The summed E-state index contributed by atoms with van der Waals surface area (Å²) in [6.07, 6.45) is 0. The molecule has 0 heterocycles. The quantitative estimate of drug-likeness (QED) is 0.820. The Morgan fingerprint density at radius 3 is 2.65 bits per heavy atom. The van der Waals surface area contributed by atoms with Crippen LogP contribution in [0.4, 0.5) is 0 Å².